The van der Waals surface area contributed by atoms with Crippen LogP contribution in [0.15, 0.2) is 48.7 Å². The first-order valence-corrected chi connectivity index (χ1v) is 13.8. The number of aromatic nitrogens is 1. The number of carbonyl (C=O) groups is 2. The van der Waals surface area contributed by atoms with Gasteiger partial charge in [-0.25, -0.2) is 8.78 Å². The second kappa shape index (κ2) is 8.63. The quantitative estimate of drug-likeness (QED) is 0.365. The smallest absolute Gasteiger partial charge is 0.234 e. The summed E-state index contributed by atoms with van der Waals surface area (Å²) in [6.07, 6.45) is 5.05. The van der Waals surface area contributed by atoms with Gasteiger partial charge in [0.05, 0.1) is 11.4 Å². The summed E-state index contributed by atoms with van der Waals surface area (Å²) in [5.41, 5.74) is 1.17. The highest BCUT2D eigenvalue weighted by molar-refractivity contribution is 6.01. The van der Waals surface area contributed by atoms with Crippen LogP contribution in [0.5, 0.6) is 0 Å². The van der Waals surface area contributed by atoms with Gasteiger partial charge in [0.15, 0.2) is 0 Å². The van der Waals surface area contributed by atoms with Crippen LogP contribution in [0.25, 0.3) is 10.9 Å². The Balaban J connectivity index is 1.10. The fourth-order valence-corrected chi connectivity index (χ4v) is 6.90. The largest absolute Gasteiger partial charge is 0.356 e. The third-order valence-corrected chi connectivity index (χ3v) is 9.44. The molecule has 4 fully saturated rings. The minimum absolute atomic E-state index is 0.254. The van der Waals surface area contributed by atoms with Crippen LogP contribution >= 0.6 is 0 Å². The van der Waals surface area contributed by atoms with Crippen molar-refractivity contribution in [2.75, 3.05) is 13.1 Å². The van der Waals surface area contributed by atoms with Gasteiger partial charge in [-0.1, -0.05) is 30.3 Å². The number of nitrogens with zero attached hydrogens (tertiary/aromatic N) is 2. The Hall–Kier alpha value is -3.23. The van der Waals surface area contributed by atoms with Gasteiger partial charge in [0, 0.05) is 43.2 Å². The minimum atomic E-state index is -1.15. The van der Waals surface area contributed by atoms with E-state index in [1.165, 1.54) is 0 Å². The number of amides is 2. The summed E-state index contributed by atoms with van der Waals surface area (Å²) in [5.74, 6) is -1.54. The zero-order valence-electron chi connectivity index (χ0n) is 21.9. The molecule has 8 heteroatoms. The van der Waals surface area contributed by atoms with Crippen LogP contribution in [0, 0.1) is 5.82 Å². The maximum Gasteiger partial charge on any atom is 0.234 e. The molecule has 1 aliphatic carbocycles. The van der Waals surface area contributed by atoms with Crippen molar-refractivity contribution in [3.05, 3.63) is 76.7 Å². The predicted molar refractivity (Wildman–Crippen MR) is 141 cm³/mol. The molecular weight excluding hydrogens is 500 g/mol. The molecule has 6 nitrogen and oxygen atoms in total. The number of epoxide rings is 1. The molecule has 1 saturated carbocycles. The van der Waals surface area contributed by atoms with E-state index in [1.807, 2.05) is 37.3 Å². The molecule has 1 aromatic heterocycles. The van der Waals surface area contributed by atoms with E-state index in [4.69, 9.17) is 4.74 Å². The zero-order valence-corrected chi connectivity index (χ0v) is 21.9. The number of hydrogen-bond donors (Lipinski definition) is 1. The van der Waals surface area contributed by atoms with Gasteiger partial charge in [-0.05, 0) is 67.9 Å². The lowest BCUT2D eigenvalue weighted by Crippen LogP contribution is -2.44. The molecule has 0 bridgehead atoms. The van der Waals surface area contributed by atoms with Crippen molar-refractivity contribution in [2.45, 2.75) is 74.8 Å². The molecule has 7 rings (SSSR count). The molecule has 0 radical (unpaired) electrons. The van der Waals surface area contributed by atoms with Crippen molar-refractivity contribution in [3.63, 3.8) is 0 Å². The highest BCUT2D eigenvalue weighted by Crippen LogP contribution is 2.61. The van der Waals surface area contributed by atoms with E-state index < -0.39 is 22.8 Å². The van der Waals surface area contributed by atoms with E-state index in [1.54, 1.807) is 18.3 Å². The topological polar surface area (TPSA) is 74.8 Å². The number of imide groups is 1. The van der Waals surface area contributed by atoms with Crippen molar-refractivity contribution in [3.8, 4) is 0 Å². The van der Waals surface area contributed by atoms with Gasteiger partial charge in [-0.2, -0.15) is 0 Å². The Morgan fingerprint density at radius 1 is 1.13 bits per heavy atom. The van der Waals surface area contributed by atoms with Crippen LogP contribution < -0.4 is 5.32 Å². The Bertz CT molecular complexity index is 1500. The fourth-order valence-electron chi connectivity index (χ4n) is 6.90. The third-order valence-electron chi connectivity index (χ3n) is 9.44. The molecule has 4 aliphatic rings. The van der Waals surface area contributed by atoms with Gasteiger partial charge < -0.3 is 4.74 Å². The number of benzene rings is 2. The number of carbonyl (C=O) groups excluding carboxylic acids is 2. The molecule has 3 aliphatic heterocycles. The lowest BCUT2D eigenvalue weighted by atomic mass is 9.76. The van der Waals surface area contributed by atoms with Crippen LogP contribution in [0.1, 0.15) is 73.6 Å². The van der Waals surface area contributed by atoms with Crippen molar-refractivity contribution in [1.29, 1.82) is 0 Å². The average Bonchev–Trinajstić information content (AvgIpc) is 3.53. The van der Waals surface area contributed by atoms with Crippen LogP contribution in [-0.4, -0.2) is 40.4 Å². The molecule has 1 N–H and O–H groups in total. The molecule has 4 heterocycles. The average molecular weight is 532 g/mol. The first kappa shape index (κ1) is 24.8. The Kier molecular flexibility index (Phi) is 5.49. The summed E-state index contributed by atoms with van der Waals surface area (Å²) in [7, 11) is 0. The normalized spacial score (nSPS) is 30.0. The van der Waals surface area contributed by atoms with Crippen LogP contribution in [0.2, 0.25) is 0 Å². The van der Waals surface area contributed by atoms with Crippen LogP contribution in [-0.2, 0) is 32.1 Å². The maximum absolute atomic E-state index is 16.1. The van der Waals surface area contributed by atoms with Crippen LogP contribution in [0.4, 0.5) is 8.78 Å². The molecular formula is C31H31F2N3O3. The van der Waals surface area contributed by atoms with Crippen molar-refractivity contribution in [2.24, 2.45) is 0 Å². The minimum Gasteiger partial charge on any atom is -0.356 e. The molecule has 3 unspecified atom stereocenters. The molecule has 3 saturated heterocycles. The van der Waals surface area contributed by atoms with E-state index in [0.29, 0.717) is 54.3 Å². The Morgan fingerprint density at radius 2 is 1.92 bits per heavy atom. The van der Waals surface area contributed by atoms with E-state index in [-0.39, 0.29) is 24.1 Å². The second-order valence-corrected chi connectivity index (χ2v) is 11.9. The Labute approximate surface area is 225 Å². The summed E-state index contributed by atoms with van der Waals surface area (Å²) in [5, 5.41) is 2.73. The lowest BCUT2D eigenvalue weighted by Gasteiger charge is -2.35. The van der Waals surface area contributed by atoms with Gasteiger partial charge in [0.2, 0.25) is 11.8 Å². The number of pyridine rings is 1. The van der Waals surface area contributed by atoms with Gasteiger partial charge >= 0.3 is 0 Å². The van der Waals surface area contributed by atoms with Gasteiger partial charge in [0.25, 0.3) is 0 Å². The molecule has 202 valence electrons. The van der Waals surface area contributed by atoms with Gasteiger partial charge in [-0.3, -0.25) is 24.8 Å². The van der Waals surface area contributed by atoms with Crippen LogP contribution in [0.3, 0.4) is 0 Å². The van der Waals surface area contributed by atoms with E-state index >= 15 is 4.39 Å². The van der Waals surface area contributed by atoms with Gasteiger partial charge in [0.1, 0.15) is 22.7 Å². The summed E-state index contributed by atoms with van der Waals surface area (Å²) in [6.45, 7) is 4.17. The molecule has 0 spiro atoms. The van der Waals surface area contributed by atoms with Crippen molar-refractivity contribution in [1.82, 2.24) is 15.2 Å². The number of piperidine rings is 2. The van der Waals surface area contributed by atoms with E-state index in [0.717, 1.165) is 30.6 Å². The predicted octanol–water partition coefficient (Wildman–Crippen LogP) is 5.13. The first-order valence-electron chi connectivity index (χ1n) is 13.8. The third kappa shape index (κ3) is 3.91. The lowest BCUT2D eigenvalue weighted by molar-refractivity contribution is -0.134. The van der Waals surface area contributed by atoms with Crippen molar-refractivity contribution >= 4 is 22.7 Å². The summed E-state index contributed by atoms with van der Waals surface area (Å²) >= 11 is 0. The number of alkyl halides is 1. The SMILES string of the molecule is CC12CN(Cc3ccc(C4(F)CCC4)cc3)CCC1(c1ccc3ncc(C4CCC(=O)NC4=O)cc3c1F)O2. The van der Waals surface area contributed by atoms with Gasteiger partial charge in [-0.15, -0.1) is 0 Å². The number of rotatable bonds is 5. The number of likely N-dealkylation sites (tertiary alicyclic amines) is 1. The zero-order chi connectivity index (χ0) is 27.0. The fraction of sp³-hybridized carbons (Fsp3) is 0.452. The molecule has 3 aromatic rings. The van der Waals surface area contributed by atoms with Crippen molar-refractivity contribution < 1.29 is 23.1 Å². The summed E-state index contributed by atoms with van der Waals surface area (Å²) in [4.78, 5) is 30.7. The number of fused-ring (bicyclic) bond motifs is 2. The number of nitrogens with one attached hydrogen (secondary N) is 1. The monoisotopic (exact) mass is 531 g/mol. The number of halogens is 2. The second-order valence-electron chi connectivity index (χ2n) is 11.9. The first-order chi connectivity index (χ1) is 18.7. The number of ether oxygens (including phenoxy) is 1. The highest BCUT2D eigenvalue weighted by Gasteiger charge is 2.70. The molecule has 39 heavy (non-hydrogen) atoms. The maximum atomic E-state index is 16.1. The van der Waals surface area contributed by atoms with E-state index in [2.05, 4.69) is 15.2 Å². The standard InChI is InChI=1S/C31H31F2N3O3/c1-29-18-36(17-19-3-5-21(6-4-19)30(33)11-2-12-30)14-13-31(29,39-29)24-8-9-25-23(27(24)32)15-20(16-34-25)22-7-10-26(37)35-28(22)38/h3-6,8-9,15-16,22H,2,7,10-14,17-18H2,1H3,(H,35,37,38). The summed E-state index contributed by atoms with van der Waals surface area (Å²) in [6, 6.07) is 13.2. The number of hydrogen-bond acceptors (Lipinski definition) is 5. The van der Waals surface area contributed by atoms with E-state index in [9.17, 15) is 14.0 Å². The molecule has 3 atom stereocenters. The Morgan fingerprint density at radius 3 is 2.62 bits per heavy atom. The molecule has 2 amide bonds. The summed E-state index contributed by atoms with van der Waals surface area (Å²) < 4.78 is 37.2. The molecule has 2 aromatic carbocycles. The highest BCUT2D eigenvalue weighted by atomic mass is 19.1.